The van der Waals surface area contributed by atoms with Gasteiger partial charge in [0.15, 0.2) is 0 Å². The van der Waals surface area contributed by atoms with Crippen LogP contribution < -0.4 is 11.3 Å². The molecule has 0 fully saturated rings. The van der Waals surface area contributed by atoms with Gasteiger partial charge in [0.2, 0.25) is 0 Å². The Labute approximate surface area is 92.1 Å². The van der Waals surface area contributed by atoms with E-state index in [9.17, 15) is 0 Å². The fourth-order valence-corrected chi connectivity index (χ4v) is 2.07. The average Bonchev–Trinajstić information content (AvgIpc) is 2.27. The van der Waals surface area contributed by atoms with Crippen molar-refractivity contribution in [2.45, 2.75) is 39.7 Å². The quantitative estimate of drug-likeness (QED) is 0.575. The zero-order valence-corrected chi connectivity index (χ0v) is 9.83. The monoisotopic (exact) mass is 207 g/mol. The van der Waals surface area contributed by atoms with E-state index in [2.05, 4.69) is 37.2 Å². The average molecular weight is 207 g/mol. The Kier molecular flexibility index (Phi) is 4.72. The summed E-state index contributed by atoms with van der Waals surface area (Å²) in [5.41, 5.74) is 5.40. The first-order chi connectivity index (χ1) is 7.24. The van der Waals surface area contributed by atoms with Crippen LogP contribution in [0.25, 0.3) is 0 Å². The van der Waals surface area contributed by atoms with Gasteiger partial charge in [-0.1, -0.05) is 26.7 Å². The van der Waals surface area contributed by atoms with Crippen LogP contribution in [0.3, 0.4) is 0 Å². The summed E-state index contributed by atoms with van der Waals surface area (Å²) in [5.74, 6) is 6.24. The van der Waals surface area contributed by atoms with E-state index in [0.29, 0.717) is 5.92 Å². The van der Waals surface area contributed by atoms with E-state index in [0.717, 1.165) is 12.8 Å². The summed E-state index contributed by atoms with van der Waals surface area (Å²) in [7, 11) is 0. The highest BCUT2D eigenvalue weighted by Gasteiger charge is 2.20. The third-order valence-corrected chi connectivity index (χ3v) is 3.10. The number of hydrogen-bond donors (Lipinski definition) is 2. The Morgan fingerprint density at radius 1 is 1.40 bits per heavy atom. The molecule has 3 nitrogen and oxygen atoms in total. The second-order valence-electron chi connectivity index (χ2n) is 3.95. The molecule has 1 heterocycles. The fourth-order valence-electron chi connectivity index (χ4n) is 2.07. The minimum Gasteiger partial charge on any atom is -0.271 e. The molecular formula is C12H21N3. The molecule has 3 heteroatoms. The predicted molar refractivity (Wildman–Crippen MR) is 63.1 cm³/mol. The number of nitrogens with two attached hydrogens (primary N) is 1. The van der Waals surface area contributed by atoms with Gasteiger partial charge in [0, 0.05) is 18.4 Å². The van der Waals surface area contributed by atoms with Crippen molar-refractivity contribution in [2.75, 3.05) is 0 Å². The van der Waals surface area contributed by atoms with Crippen LogP contribution in [0.15, 0.2) is 18.5 Å². The molecule has 0 aliphatic heterocycles. The minimum absolute atomic E-state index is 0.239. The van der Waals surface area contributed by atoms with Crippen LogP contribution in [0.1, 0.15) is 43.9 Å². The molecule has 0 saturated carbocycles. The van der Waals surface area contributed by atoms with Crippen LogP contribution in [0.4, 0.5) is 0 Å². The number of rotatable bonds is 5. The molecule has 0 bridgehead atoms. The highest BCUT2D eigenvalue weighted by molar-refractivity contribution is 5.25. The van der Waals surface area contributed by atoms with E-state index in [1.54, 1.807) is 0 Å². The molecule has 1 aromatic rings. The van der Waals surface area contributed by atoms with E-state index in [4.69, 9.17) is 5.84 Å². The Morgan fingerprint density at radius 3 is 2.53 bits per heavy atom. The summed E-state index contributed by atoms with van der Waals surface area (Å²) in [5, 5.41) is 0. The lowest BCUT2D eigenvalue weighted by Gasteiger charge is -2.26. The molecule has 0 aliphatic rings. The van der Waals surface area contributed by atoms with Crippen molar-refractivity contribution in [1.82, 2.24) is 10.4 Å². The van der Waals surface area contributed by atoms with Crippen molar-refractivity contribution in [1.29, 1.82) is 0 Å². The number of hydrogen-bond acceptors (Lipinski definition) is 3. The molecule has 15 heavy (non-hydrogen) atoms. The smallest absolute Gasteiger partial charge is 0.0491 e. The Hall–Kier alpha value is -0.930. The van der Waals surface area contributed by atoms with E-state index in [1.165, 1.54) is 11.1 Å². The van der Waals surface area contributed by atoms with Gasteiger partial charge in [-0.2, -0.15) is 0 Å². The standard InChI is InChI=1S/C12H21N3/c1-4-10(5-2)12(15-13)11-6-7-14-8-9(11)3/h6-8,10,12,15H,4-5,13H2,1-3H3. The van der Waals surface area contributed by atoms with Gasteiger partial charge in [-0.3, -0.25) is 16.3 Å². The largest absolute Gasteiger partial charge is 0.271 e. The third kappa shape index (κ3) is 2.76. The predicted octanol–water partition coefficient (Wildman–Crippen LogP) is 2.33. The van der Waals surface area contributed by atoms with Crippen molar-refractivity contribution in [3.63, 3.8) is 0 Å². The number of aryl methyl sites for hydroxylation is 1. The summed E-state index contributed by atoms with van der Waals surface area (Å²) in [6.45, 7) is 6.49. The number of nitrogens with one attached hydrogen (secondary N) is 1. The number of nitrogens with zero attached hydrogens (tertiary/aromatic N) is 1. The maximum Gasteiger partial charge on any atom is 0.0491 e. The van der Waals surface area contributed by atoms with Gasteiger partial charge < -0.3 is 0 Å². The molecule has 0 aromatic carbocycles. The van der Waals surface area contributed by atoms with Gasteiger partial charge in [-0.15, -0.1) is 0 Å². The second kappa shape index (κ2) is 5.83. The normalized spacial score (nSPS) is 13.1. The molecule has 84 valence electrons. The summed E-state index contributed by atoms with van der Waals surface area (Å²) in [6.07, 6.45) is 5.98. The summed E-state index contributed by atoms with van der Waals surface area (Å²) < 4.78 is 0. The number of aromatic nitrogens is 1. The third-order valence-electron chi connectivity index (χ3n) is 3.10. The zero-order valence-electron chi connectivity index (χ0n) is 9.83. The van der Waals surface area contributed by atoms with E-state index in [-0.39, 0.29) is 6.04 Å². The van der Waals surface area contributed by atoms with Crippen LogP contribution in [0.2, 0.25) is 0 Å². The van der Waals surface area contributed by atoms with E-state index >= 15 is 0 Å². The van der Waals surface area contributed by atoms with Gasteiger partial charge in [-0.05, 0) is 30.0 Å². The topological polar surface area (TPSA) is 50.9 Å². The molecule has 1 rings (SSSR count). The fraction of sp³-hybridized carbons (Fsp3) is 0.583. The van der Waals surface area contributed by atoms with Crippen LogP contribution >= 0.6 is 0 Å². The van der Waals surface area contributed by atoms with Gasteiger partial charge >= 0.3 is 0 Å². The first-order valence-corrected chi connectivity index (χ1v) is 5.61. The van der Waals surface area contributed by atoms with Crippen LogP contribution in [-0.4, -0.2) is 4.98 Å². The van der Waals surface area contributed by atoms with E-state index in [1.807, 2.05) is 12.4 Å². The molecule has 0 spiro atoms. The Morgan fingerprint density at radius 2 is 2.07 bits per heavy atom. The van der Waals surface area contributed by atoms with Crippen molar-refractivity contribution in [2.24, 2.45) is 11.8 Å². The van der Waals surface area contributed by atoms with Crippen molar-refractivity contribution in [3.8, 4) is 0 Å². The molecule has 1 unspecified atom stereocenters. The Bertz CT molecular complexity index is 295. The van der Waals surface area contributed by atoms with Crippen molar-refractivity contribution >= 4 is 0 Å². The first-order valence-electron chi connectivity index (χ1n) is 5.61. The van der Waals surface area contributed by atoms with Crippen molar-refractivity contribution < 1.29 is 0 Å². The SMILES string of the molecule is CCC(CC)C(NN)c1ccncc1C. The molecular weight excluding hydrogens is 186 g/mol. The van der Waals surface area contributed by atoms with Crippen LogP contribution in [0, 0.1) is 12.8 Å². The molecule has 1 aromatic heterocycles. The number of hydrazine groups is 1. The lowest BCUT2D eigenvalue weighted by molar-refractivity contribution is 0.344. The maximum absolute atomic E-state index is 5.66. The highest BCUT2D eigenvalue weighted by atomic mass is 15.2. The second-order valence-corrected chi connectivity index (χ2v) is 3.95. The summed E-state index contributed by atoms with van der Waals surface area (Å²) in [4.78, 5) is 4.10. The van der Waals surface area contributed by atoms with Crippen molar-refractivity contribution in [3.05, 3.63) is 29.6 Å². The molecule has 0 saturated heterocycles. The van der Waals surface area contributed by atoms with Crippen LogP contribution in [-0.2, 0) is 0 Å². The van der Waals surface area contributed by atoms with Gasteiger partial charge in [-0.25, -0.2) is 0 Å². The van der Waals surface area contributed by atoms with Gasteiger partial charge in [0.25, 0.3) is 0 Å². The molecule has 0 radical (unpaired) electrons. The number of pyridine rings is 1. The van der Waals surface area contributed by atoms with E-state index < -0.39 is 0 Å². The lowest BCUT2D eigenvalue weighted by atomic mass is 9.88. The van der Waals surface area contributed by atoms with Gasteiger partial charge in [0.1, 0.15) is 0 Å². The minimum atomic E-state index is 0.239. The molecule has 3 N–H and O–H groups in total. The Balaban J connectivity index is 2.96. The first kappa shape index (κ1) is 12.1. The highest BCUT2D eigenvalue weighted by Crippen LogP contribution is 2.28. The lowest BCUT2D eigenvalue weighted by Crippen LogP contribution is -2.33. The van der Waals surface area contributed by atoms with Crippen LogP contribution in [0.5, 0.6) is 0 Å². The summed E-state index contributed by atoms with van der Waals surface area (Å²) in [6, 6.07) is 2.29. The molecule has 0 aliphatic carbocycles. The summed E-state index contributed by atoms with van der Waals surface area (Å²) >= 11 is 0. The van der Waals surface area contributed by atoms with Gasteiger partial charge in [0.05, 0.1) is 0 Å². The maximum atomic E-state index is 5.66. The zero-order chi connectivity index (χ0) is 11.3. The molecule has 0 amide bonds. The molecule has 1 atom stereocenters.